The molecule has 3 aromatic rings. The van der Waals surface area contributed by atoms with E-state index in [2.05, 4.69) is 0 Å². The Labute approximate surface area is 103 Å². The summed E-state index contributed by atoms with van der Waals surface area (Å²) in [4.78, 5) is 10.6. The zero-order chi connectivity index (χ0) is 12.5. The summed E-state index contributed by atoms with van der Waals surface area (Å²) in [5, 5.41) is 1.82. The molecule has 0 N–H and O–H groups in total. The topological polar surface area (TPSA) is 52.6 Å². The van der Waals surface area contributed by atoms with Gasteiger partial charge in [0.2, 0.25) is 0 Å². The van der Waals surface area contributed by atoms with Gasteiger partial charge in [0.1, 0.15) is 11.9 Å². The summed E-state index contributed by atoms with van der Waals surface area (Å²) in [6, 6.07) is 3.72. The summed E-state index contributed by atoms with van der Waals surface area (Å²) >= 11 is 0. The normalized spacial score (nSPS) is 11.2. The van der Waals surface area contributed by atoms with Crippen molar-refractivity contribution in [3.8, 4) is 5.75 Å². The summed E-state index contributed by atoms with van der Waals surface area (Å²) in [7, 11) is 1.61. The van der Waals surface area contributed by atoms with E-state index in [-0.39, 0.29) is 0 Å². The fraction of sp³-hybridized carbons (Fsp3) is 0.214. The second-order valence-electron chi connectivity index (χ2n) is 4.04. The van der Waals surface area contributed by atoms with Crippen molar-refractivity contribution in [1.29, 1.82) is 0 Å². The molecule has 4 nitrogen and oxygen atoms in total. The molecule has 0 spiro atoms. The Hall–Kier alpha value is -2.23. The van der Waals surface area contributed by atoms with Gasteiger partial charge >= 0.3 is 0 Å². The van der Waals surface area contributed by atoms with Crippen molar-refractivity contribution < 1.29 is 18.4 Å². The Balaban J connectivity index is 2.38. The number of benzene rings is 1. The highest BCUT2D eigenvalue weighted by molar-refractivity contribution is 6.04. The molecule has 0 atom stereocenters. The lowest BCUT2D eigenvalue weighted by atomic mass is 10.0. The van der Waals surface area contributed by atoms with Gasteiger partial charge in [-0.05, 0) is 18.6 Å². The number of rotatable bonds is 4. The van der Waals surface area contributed by atoms with E-state index in [1.54, 1.807) is 19.6 Å². The lowest BCUT2D eigenvalue weighted by molar-refractivity contribution is -0.107. The standard InChI is InChI=1S/C14H12O4/c1-16-13-11-5-8-17-12(11)9(3-2-6-15)10-4-7-18-14(10)13/h4-8H,2-3H2,1H3. The molecule has 0 aliphatic carbocycles. The fourth-order valence-corrected chi connectivity index (χ4v) is 2.34. The molecule has 0 saturated heterocycles. The number of aryl methyl sites for hydroxylation is 1. The van der Waals surface area contributed by atoms with E-state index in [1.807, 2.05) is 12.1 Å². The molecule has 0 unspecified atom stereocenters. The van der Waals surface area contributed by atoms with E-state index in [9.17, 15) is 4.79 Å². The van der Waals surface area contributed by atoms with E-state index >= 15 is 0 Å². The molecule has 18 heavy (non-hydrogen) atoms. The monoisotopic (exact) mass is 244 g/mol. The summed E-state index contributed by atoms with van der Waals surface area (Å²) in [6.07, 6.45) is 5.24. The number of hydrogen-bond acceptors (Lipinski definition) is 4. The molecule has 0 fully saturated rings. The van der Waals surface area contributed by atoms with Crippen LogP contribution in [-0.2, 0) is 11.2 Å². The quantitative estimate of drug-likeness (QED) is 0.660. The maximum absolute atomic E-state index is 10.6. The van der Waals surface area contributed by atoms with Crippen LogP contribution in [-0.4, -0.2) is 13.4 Å². The smallest absolute Gasteiger partial charge is 0.176 e. The van der Waals surface area contributed by atoms with Crippen LogP contribution in [0.4, 0.5) is 0 Å². The molecule has 92 valence electrons. The minimum atomic E-state index is 0.461. The molecular formula is C14H12O4. The van der Waals surface area contributed by atoms with Gasteiger partial charge in [0.15, 0.2) is 11.3 Å². The van der Waals surface area contributed by atoms with Crippen LogP contribution in [0.1, 0.15) is 12.0 Å². The minimum absolute atomic E-state index is 0.461. The first-order valence-corrected chi connectivity index (χ1v) is 5.73. The highest BCUT2D eigenvalue weighted by Gasteiger charge is 2.18. The third-order valence-corrected chi connectivity index (χ3v) is 3.10. The van der Waals surface area contributed by atoms with Crippen molar-refractivity contribution in [1.82, 2.24) is 0 Å². The zero-order valence-electron chi connectivity index (χ0n) is 9.93. The van der Waals surface area contributed by atoms with Crippen molar-refractivity contribution in [3.63, 3.8) is 0 Å². The van der Waals surface area contributed by atoms with Crippen molar-refractivity contribution >= 4 is 28.2 Å². The first-order valence-electron chi connectivity index (χ1n) is 5.73. The molecule has 0 aliphatic heterocycles. The van der Waals surface area contributed by atoms with Gasteiger partial charge < -0.3 is 18.4 Å². The molecule has 0 radical (unpaired) electrons. The van der Waals surface area contributed by atoms with Crippen molar-refractivity contribution in [2.45, 2.75) is 12.8 Å². The van der Waals surface area contributed by atoms with Gasteiger partial charge in [-0.3, -0.25) is 0 Å². The van der Waals surface area contributed by atoms with Crippen LogP contribution < -0.4 is 4.74 Å². The Kier molecular flexibility index (Phi) is 2.55. The molecule has 0 saturated carbocycles. The zero-order valence-corrected chi connectivity index (χ0v) is 9.93. The van der Waals surface area contributed by atoms with Gasteiger partial charge in [0.25, 0.3) is 0 Å². The van der Waals surface area contributed by atoms with E-state index in [0.29, 0.717) is 24.2 Å². The van der Waals surface area contributed by atoms with E-state index < -0.39 is 0 Å². The molecule has 3 rings (SSSR count). The fourth-order valence-electron chi connectivity index (χ4n) is 2.34. The average molecular weight is 244 g/mol. The minimum Gasteiger partial charge on any atom is -0.492 e. The Morgan fingerprint density at radius 1 is 1.17 bits per heavy atom. The number of hydrogen-bond donors (Lipinski definition) is 0. The lowest BCUT2D eigenvalue weighted by Crippen LogP contribution is -1.92. The maximum atomic E-state index is 10.6. The van der Waals surface area contributed by atoms with Gasteiger partial charge in [0, 0.05) is 17.4 Å². The van der Waals surface area contributed by atoms with Gasteiger partial charge in [-0.15, -0.1) is 0 Å². The summed E-state index contributed by atoms with van der Waals surface area (Å²) in [5.41, 5.74) is 2.46. The third kappa shape index (κ3) is 1.42. The van der Waals surface area contributed by atoms with Crippen LogP contribution in [0.15, 0.2) is 33.5 Å². The number of methoxy groups -OCH3 is 1. The number of carbonyl (C=O) groups is 1. The molecule has 4 heteroatoms. The largest absolute Gasteiger partial charge is 0.492 e. The maximum Gasteiger partial charge on any atom is 0.176 e. The lowest BCUT2D eigenvalue weighted by Gasteiger charge is -2.07. The van der Waals surface area contributed by atoms with Crippen LogP contribution >= 0.6 is 0 Å². The van der Waals surface area contributed by atoms with Crippen LogP contribution in [0.2, 0.25) is 0 Å². The number of furan rings is 2. The molecule has 0 amide bonds. The van der Waals surface area contributed by atoms with E-state index in [1.165, 1.54) is 0 Å². The SMILES string of the molecule is COc1c2ccoc2c(CCC=O)c2ccoc12. The van der Waals surface area contributed by atoms with Crippen molar-refractivity contribution in [2.75, 3.05) is 7.11 Å². The average Bonchev–Trinajstić information content (AvgIpc) is 3.02. The molecule has 2 heterocycles. The Bertz CT molecular complexity index is 653. The molecule has 0 bridgehead atoms. The Morgan fingerprint density at radius 3 is 2.61 bits per heavy atom. The summed E-state index contributed by atoms with van der Waals surface area (Å²) < 4.78 is 16.4. The first-order chi connectivity index (χ1) is 8.86. The molecule has 1 aromatic carbocycles. The van der Waals surface area contributed by atoms with Crippen LogP contribution in [0, 0.1) is 0 Å². The van der Waals surface area contributed by atoms with Gasteiger partial charge in [-0.2, -0.15) is 0 Å². The number of ether oxygens (including phenoxy) is 1. The second-order valence-corrected chi connectivity index (χ2v) is 4.04. The first kappa shape index (κ1) is 10.9. The second kappa shape index (κ2) is 4.22. The molecular weight excluding hydrogens is 232 g/mol. The predicted molar refractivity (Wildman–Crippen MR) is 66.9 cm³/mol. The van der Waals surface area contributed by atoms with Gasteiger partial charge in [0.05, 0.1) is 25.0 Å². The Morgan fingerprint density at radius 2 is 1.89 bits per heavy atom. The molecule has 0 aliphatic rings. The van der Waals surface area contributed by atoms with Crippen LogP contribution in [0.25, 0.3) is 21.9 Å². The third-order valence-electron chi connectivity index (χ3n) is 3.10. The number of carbonyl (C=O) groups excluding carboxylic acids is 1. The van der Waals surface area contributed by atoms with E-state index in [4.69, 9.17) is 13.6 Å². The number of aldehydes is 1. The van der Waals surface area contributed by atoms with E-state index in [0.717, 1.165) is 28.2 Å². The highest BCUT2D eigenvalue weighted by Crippen LogP contribution is 2.39. The summed E-state index contributed by atoms with van der Waals surface area (Å²) in [6.45, 7) is 0. The van der Waals surface area contributed by atoms with Crippen LogP contribution in [0.3, 0.4) is 0 Å². The highest BCUT2D eigenvalue weighted by atomic mass is 16.5. The van der Waals surface area contributed by atoms with Crippen LogP contribution in [0.5, 0.6) is 5.75 Å². The van der Waals surface area contributed by atoms with Crippen molar-refractivity contribution in [3.05, 3.63) is 30.2 Å². The summed E-state index contributed by atoms with van der Waals surface area (Å²) in [5.74, 6) is 0.675. The number of fused-ring (bicyclic) bond motifs is 2. The predicted octanol–water partition coefficient (Wildman–Crippen LogP) is 3.32. The van der Waals surface area contributed by atoms with Gasteiger partial charge in [-0.25, -0.2) is 0 Å². The van der Waals surface area contributed by atoms with Gasteiger partial charge in [-0.1, -0.05) is 0 Å². The van der Waals surface area contributed by atoms with Crippen molar-refractivity contribution in [2.24, 2.45) is 0 Å². The molecule has 2 aromatic heterocycles.